The Kier molecular flexibility index (Phi) is 3.58. The first kappa shape index (κ1) is 17.2. The number of hydrogen-bond acceptors (Lipinski definition) is 3. The summed E-state index contributed by atoms with van der Waals surface area (Å²) in [4.78, 5) is 36.8. The molecule has 142 valence electrons. The van der Waals surface area contributed by atoms with E-state index in [4.69, 9.17) is 0 Å². The summed E-state index contributed by atoms with van der Waals surface area (Å²) >= 11 is 0. The minimum absolute atomic E-state index is 0.357. The summed E-state index contributed by atoms with van der Waals surface area (Å²) in [5.41, 5.74) is 4.49. The largest absolute Gasteiger partial charge is 0.350 e. The molecule has 0 saturated heterocycles. The zero-order valence-corrected chi connectivity index (χ0v) is 15.9. The Hall–Kier alpha value is -3.93. The van der Waals surface area contributed by atoms with Gasteiger partial charge in [-0.25, -0.2) is 0 Å². The first-order valence-corrected chi connectivity index (χ1v) is 9.18. The summed E-state index contributed by atoms with van der Waals surface area (Å²) in [5, 5.41) is 4.19. The van der Waals surface area contributed by atoms with Crippen molar-refractivity contribution in [3.63, 3.8) is 0 Å². The number of imide groups is 1. The molecule has 2 aromatic heterocycles. The molecule has 4 aromatic rings. The van der Waals surface area contributed by atoms with Crippen LogP contribution >= 0.6 is 0 Å². The second-order valence-electron chi connectivity index (χ2n) is 7.25. The third kappa shape index (κ3) is 2.39. The van der Waals surface area contributed by atoms with Crippen LogP contribution < -0.4 is 5.32 Å². The molecule has 3 heterocycles. The molecule has 0 spiro atoms. The van der Waals surface area contributed by atoms with E-state index < -0.39 is 11.8 Å². The van der Waals surface area contributed by atoms with Gasteiger partial charge in [-0.2, -0.15) is 0 Å². The Bertz CT molecular complexity index is 1400. The topological polar surface area (TPSA) is 73.1 Å². The fraction of sp³-hybridized carbons (Fsp3) is 0.0870. The number of amides is 2. The Morgan fingerprint density at radius 2 is 1.38 bits per heavy atom. The highest BCUT2D eigenvalue weighted by Gasteiger charge is 2.35. The summed E-state index contributed by atoms with van der Waals surface area (Å²) in [6.45, 7) is 0. The fourth-order valence-corrected chi connectivity index (χ4v) is 4.18. The zero-order chi connectivity index (χ0) is 20.3. The molecule has 0 fully saturated rings. The van der Waals surface area contributed by atoms with Crippen LogP contribution in [-0.2, 0) is 23.7 Å². The number of benzene rings is 2. The van der Waals surface area contributed by atoms with Crippen molar-refractivity contribution in [2.24, 2.45) is 14.1 Å². The standard InChI is InChI=1S/C23H17N3O3/c1-25-10-16(14-5-3-4-6-18(14)25)20-21(23(29)24-22(20)28)17-11-26(2)19-9-13(12-27)7-8-15(17)19/h3-12H,1-2H3,(H,24,28,29). The number of aldehydes is 1. The number of rotatable bonds is 3. The summed E-state index contributed by atoms with van der Waals surface area (Å²) in [6, 6.07) is 13.1. The van der Waals surface area contributed by atoms with Crippen LogP contribution in [0.1, 0.15) is 21.5 Å². The van der Waals surface area contributed by atoms with Crippen LogP contribution in [0.5, 0.6) is 0 Å². The lowest BCUT2D eigenvalue weighted by Crippen LogP contribution is -2.22. The Balaban J connectivity index is 1.85. The van der Waals surface area contributed by atoms with Gasteiger partial charge in [0.25, 0.3) is 11.8 Å². The van der Waals surface area contributed by atoms with E-state index >= 15 is 0 Å². The summed E-state index contributed by atoms with van der Waals surface area (Å²) < 4.78 is 3.81. The molecule has 2 aromatic carbocycles. The van der Waals surface area contributed by atoms with Crippen molar-refractivity contribution in [2.45, 2.75) is 0 Å². The predicted octanol–water partition coefficient (Wildman–Crippen LogP) is 3.05. The van der Waals surface area contributed by atoms with E-state index in [0.29, 0.717) is 22.3 Å². The summed E-state index contributed by atoms with van der Waals surface area (Å²) in [5.74, 6) is -0.812. The molecule has 6 heteroatoms. The van der Waals surface area contributed by atoms with E-state index in [1.807, 2.05) is 66.0 Å². The predicted molar refractivity (Wildman–Crippen MR) is 111 cm³/mol. The third-order valence-electron chi connectivity index (χ3n) is 5.52. The van der Waals surface area contributed by atoms with Gasteiger partial charge in [-0.3, -0.25) is 19.7 Å². The van der Waals surface area contributed by atoms with E-state index in [-0.39, 0.29) is 0 Å². The van der Waals surface area contributed by atoms with Crippen molar-refractivity contribution in [3.05, 3.63) is 71.5 Å². The van der Waals surface area contributed by atoms with E-state index in [1.54, 1.807) is 12.1 Å². The molecule has 0 atom stereocenters. The molecule has 0 radical (unpaired) electrons. The molecule has 0 saturated carbocycles. The number of aromatic nitrogens is 2. The number of nitrogens with zero attached hydrogens (tertiary/aromatic N) is 2. The van der Waals surface area contributed by atoms with Crippen molar-refractivity contribution >= 4 is 51.1 Å². The molecule has 0 bridgehead atoms. The summed E-state index contributed by atoms with van der Waals surface area (Å²) in [7, 11) is 3.77. The molecule has 1 aliphatic rings. The van der Waals surface area contributed by atoms with Crippen molar-refractivity contribution < 1.29 is 14.4 Å². The number of para-hydroxylation sites is 1. The fourth-order valence-electron chi connectivity index (χ4n) is 4.18. The van der Waals surface area contributed by atoms with Crippen LogP contribution in [-0.4, -0.2) is 27.2 Å². The van der Waals surface area contributed by atoms with Gasteiger partial charge in [-0.1, -0.05) is 30.3 Å². The zero-order valence-electron chi connectivity index (χ0n) is 15.9. The maximum absolute atomic E-state index is 12.8. The third-order valence-corrected chi connectivity index (χ3v) is 5.52. The monoisotopic (exact) mass is 383 g/mol. The first-order chi connectivity index (χ1) is 14.0. The number of hydrogen-bond donors (Lipinski definition) is 1. The van der Waals surface area contributed by atoms with Gasteiger partial charge < -0.3 is 9.13 Å². The van der Waals surface area contributed by atoms with Gasteiger partial charge in [-0.15, -0.1) is 0 Å². The van der Waals surface area contributed by atoms with Gasteiger partial charge in [0.05, 0.1) is 11.1 Å². The van der Waals surface area contributed by atoms with Crippen LogP contribution in [0, 0.1) is 0 Å². The van der Waals surface area contributed by atoms with Crippen LogP contribution in [0.3, 0.4) is 0 Å². The number of nitrogens with one attached hydrogen (secondary N) is 1. The highest BCUT2D eigenvalue weighted by atomic mass is 16.2. The molecule has 1 aliphatic heterocycles. The van der Waals surface area contributed by atoms with Crippen molar-refractivity contribution in [2.75, 3.05) is 0 Å². The average Bonchev–Trinajstić information content (AvgIpc) is 3.32. The van der Waals surface area contributed by atoms with Crippen molar-refractivity contribution in [1.29, 1.82) is 0 Å². The van der Waals surface area contributed by atoms with Crippen LogP contribution in [0.4, 0.5) is 0 Å². The minimum atomic E-state index is -0.412. The van der Waals surface area contributed by atoms with Gasteiger partial charge in [0.1, 0.15) is 6.29 Å². The van der Waals surface area contributed by atoms with E-state index in [9.17, 15) is 14.4 Å². The lowest BCUT2D eigenvalue weighted by atomic mass is 9.95. The van der Waals surface area contributed by atoms with Crippen LogP contribution in [0.2, 0.25) is 0 Å². The van der Waals surface area contributed by atoms with Crippen molar-refractivity contribution in [1.82, 2.24) is 14.5 Å². The maximum atomic E-state index is 12.8. The lowest BCUT2D eigenvalue weighted by Gasteiger charge is -2.03. The molecule has 29 heavy (non-hydrogen) atoms. The molecule has 0 aliphatic carbocycles. The molecule has 2 amide bonds. The first-order valence-electron chi connectivity index (χ1n) is 9.18. The quantitative estimate of drug-likeness (QED) is 0.437. The second kappa shape index (κ2) is 6.04. The SMILES string of the molecule is Cn1cc(C2=C(c3cn(C)c4cc(C=O)ccc34)C(=O)NC2=O)c2ccccc21. The van der Waals surface area contributed by atoms with Gasteiger partial charge in [0, 0.05) is 65.0 Å². The minimum Gasteiger partial charge on any atom is -0.350 e. The molecule has 0 unspecified atom stereocenters. The highest BCUT2D eigenvalue weighted by Crippen LogP contribution is 2.38. The Labute approximate surface area is 166 Å². The normalized spacial score (nSPS) is 14.3. The number of carbonyl (C=O) groups excluding carboxylic acids is 3. The molecule has 6 nitrogen and oxygen atoms in total. The maximum Gasteiger partial charge on any atom is 0.259 e. The Morgan fingerprint density at radius 1 is 0.793 bits per heavy atom. The van der Waals surface area contributed by atoms with Gasteiger partial charge >= 0.3 is 0 Å². The average molecular weight is 383 g/mol. The van der Waals surface area contributed by atoms with E-state index in [1.165, 1.54) is 0 Å². The van der Waals surface area contributed by atoms with Crippen LogP contribution in [0.15, 0.2) is 54.9 Å². The van der Waals surface area contributed by atoms with Gasteiger partial charge in [0.2, 0.25) is 0 Å². The number of carbonyl (C=O) groups is 3. The number of fused-ring (bicyclic) bond motifs is 2. The summed E-state index contributed by atoms with van der Waals surface area (Å²) in [6.07, 6.45) is 4.50. The second-order valence-corrected chi connectivity index (χ2v) is 7.25. The van der Waals surface area contributed by atoms with E-state index in [2.05, 4.69) is 5.32 Å². The van der Waals surface area contributed by atoms with Gasteiger partial charge in [-0.05, 0) is 12.1 Å². The van der Waals surface area contributed by atoms with Crippen molar-refractivity contribution in [3.8, 4) is 0 Å². The Morgan fingerprint density at radius 3 is 2.03 bits per heavy atom. The lowest BCUT2D eigenvalue weighted by molar-refractivity contribution is -0.122. The highest BCUT2D eigenvalue weighted by molar-refractivity contribution is 6.50. The van der Waals surface area contributed by atoms with Gasteiger partial charge in [0.15, 0.2) is 0 Å². The molecule has 1 N–H and O–H groups in total. The molecule has 5 rings (SSSR count). The smallest absolute Gasteiger partial charge is 0.259 e. The van der Waals surface area contributed by atoms with Crippen LogP contribution in [0.25, 0.3) is 33.0 Å². The number of aryl methyl sites for hydroxylation is 2. The van der Waals surface area contributed by atoms with E-state index in [0.717, 1.165) is 33.7 Å². The molecular weight excluding hydrogens is 366 g/mol. The molecular formula is C23H17N3O3.